The van der Waals surface area contributed by atoms with Crippen molar-refractivity contribution < 1.29 is 74.0 Å². The van der Waals surface area contributed by atoms with Crippen molar-refractivity contribution in [3.8, 4) is 0 Å². The number of aliphatic hydroxyl groups is 1. The van der Waals surface area contributed by atoms with Crippen molar-refractivity contribution >= 4 is 47.7 Å². The number of hydrogen-bond donors (Lipinski definition) is 16. The third-order valence-electron chi connectivity index (χ3n) is 4.50. The number of carboxylic acid groups (broad SMARTS) is 6. The summed E-state index contributed by atoms with van der Waals surface area (Å²) in [6, 6.07) is -3.91. The van der Waals surface area contributed by atoms with Gasteiger partial charge >= 0.3 is 41.8 Å². The van der Waals surface area contributed by atoms with Crippen LogP contribution in [0.2, 0.25) is 0 Å². The van der Waals surface area contributed by atoms with Crippen molar-refractivity contribution in [2.75, 3.05) is 39.4 Å². The van der Waals surface area contributed by atoms with E-state index in [1.54, 1.807) is 0 Å². The van der Waals surface area contributed by atoms with Gasteiger partial charge in [-0.25, -0.2) is 0 Å². The Morgan fingerprint density at radius 3 is 1.48 bits per heavy atom. The van der Waals surface area contributed by atoms with E-state index in [0.717, 1.165) is 6.42 Å². The molecule has 0 heterocycles. The molecule has 0 fully saturated rings. The Balaban J connectivity index is -0.000000168. The predicted molar refractivity (Wildman–Crippen MR) is 166 cm³/mol. The number of carboxylic acids is 6. The minimum absolute atomic E-state index is 0.0731. The highest BCUT2D eigenvalue weighted by Gasteiger charge is 2.16. The van der Waals surface area contributed by atoms with Crippen LogP contribution in [0.3, 0.4) is 0 Å². The van der Waals surface area contributed by atoms with Gasteiger partial charge in [-0.3, -0.25) is 39.0 Å². The number of carbonyl (C=O) groups is 7. The summed E-state index contributed by atoms with van der Waals surface area (Å²) in [5.41, 5.74) is 29.4. The molecule has 24 nitrogen and oxygen atoms in total. The van der Waals surface area contributed by atoms with Gasteiger partial charge in [0.05, 0.1) is 32.7 Å². The zero-order chi connectivity index (χ0) is 38.8. The topological polar surface area (TPSA) is 474 Å². The number of rotatable bonds is 19. The Labute approximate surface area is 275 Å². The third-order valence-corrected chi connectivity index (χ3v) is 4.50. The van der Waals surface area contributed by atoms with Crippen molar-refractivity contribution in [1.82, 2.24) is 10.6 Å². The molecule has 0 amide bonds. The van der Waals surface area contributed by atoms with E-state index in [-0.39, 0.29) is 32.1 Å². The maximum atomic E-state index is 10.7. The Morgan fingerprint density at radius 1 is 0.729 bits per heavy atom. The number of hydrogen-bond acceptors (Lipinski definition) is 16. The number of ether oxygens (including phenoxy) is 1. The predicted octanol–water partition coefficient (Wildman–Crippen LogP) is -5.71. The van der Waals surface area contributed by atoms with E-state index in [2.05, 4.69) is 21.1 Å². The number of carbonyl (C=O) groups excluding carboxylic acids is 1. The second kappa shape index (κ2) is 35.1. The van der Waals surface area contributed by atoms with Gasteiger partial charge in [0.1, 0.15) is 24.2 Å². The molecule has 0 aromatic rings. The van der Waals surface area contributed by atoms with Crippen molar-refractivity contribution in [3.05, 3.63) is 0 Å². The third kappa shape index (κ3) is 45.7. The lowest BCUT2D eigenvalue weighted by molar-refractivity contribution is -0.145. The molecule has 4 atom stereocenters. The molecule has 24 heteroatoms. The van der Waals surface area contributed by atoms with Crippen molar-refractivity contribution in [2.24, 2.45) is 34.4 Å². The van der Waals surface area contributed by atoms with Crippen molar-refractivity contribution in [2.45, 2.75) is 63.2 Å². The first-order valence-corrected chi connectivity index (χ1v) is 13.7. The van der Waals surface area contributed by atoms with Crippen LogP contribution in [0.1, 0.15) is 39.0 Å². The van der Waals surface area contributed by atoms with Gasteiger partial charge in [-0.15, -0.1) is 0 Å². The molecular formula is C24H51N9O15. The normalized spacial score (nSPS) is 11.9. The largest absolute Gasteiger partial charge is 0.481 e. The minimum atomic E-state index is -1.29. The number of nitrogens with one attached hydrogen (secondary N) is 3. The van der Waals surface area contributed by atoms with Crippen LogP contribution >= 0.6 is 0 Å². The van der Waals surface area contributed by atoms with Crippen LogP contribution in [0.15, 0.2) is 0 Å². The summed E-state index contributed by atoms with van der Waals surface area (Å²) in [7, 11) is 0. The SMILES string of the molecule is CCCNC(CCOC(=O)CN)C(=O)O.N=C(N)NCCCC(N)C(=O)O.NC(CC(=O)O)C(=O)O.NC(CO)C(=O)O.NCC(=O)O. The quantitative estimate of drug-likeness (QED) is 0.0257. The molecule has 0 spiro atoms. The van der Waals surface area contributed by atoms with Crippen LogP contribution in [-0.2, 0) is 38.3 Å². The highest BCUT2D eigenvalue weighted by molar-refractivity contribution is 5.80. The lowest BCUT2D eigenvalue weighted by Gasteiger charge is -2.13. The van der Waals surface area contributed by atoms with Gasteiger partial charge in [0.2, 0.25) is 0 Å². The molecule has 0 rings (SSSR count). The summed E-state index contributed by atoms with van der Waals surface area (Å²) in [6.45, 7) is 2.16. The minimum Gasteiger partial charge on any atom is -0.481 e. The molecule has 22 N–H and O–H groups in total. The zero-order valence-corrected chi connectivity index (χ0v) is 26.4. The van der Waals surface area contributed by atoms with E-state index >= 15 is 0 Å². The van der Waals surface area contributed by atoms with E-state index in [4.69, 9.17) is 69.8 Å². The summed E-state index contributed by atoms with van der Waals surface area (Å²) < 4.78 is 4.68. The molecular weight excluding hydrogens is 654 g/mol. The fraction of sp³-hybridized carbons (Fsp3) is 0.667. The Hall–Kier alpha value is -4.72. The van der Waals surface area contributed by atoms with Gasteiger partial charge in [-0.1, -0.05) is 6.92 Å². The number of esters is 1. The highest BCUT2D eigenvalue weighted by Crippen LogP contribution is 1.95. The van der Waals surface area contributed by atoms with Gasteiger partial charge in [-0.2, -0.15) is 0 Å². The molecule has 0 saturated heterocycles. The fourth-order valence-electron chi connectivity index (χ4n) is 2.00. The monoisotopic (exact) mass is 705 g/mol. The Kier molecular flexibility index (Phi) is 38.7. The first kappa shape index (κ1) is 52.8. The van der Waals surface area contributed by atoms with Crippen LogP contribution < -0.4 is 45.0 Å². The second-order valence-electron chi connectivity index (χ2n) is 8.75. The summed E-state index contributed by atoms with van der Waals surface area (Å²) in [5.74, 6) is -7.21. The summed E-state index contributed by atoms with van der Waals surface area (Å²) >= 11 is 0. The van der Waals surface area contributed by atoms with Crippen LogP contribution in [0.4, 0.5) is 0 Å². The van der Waals surface area contributed by atoms with Crippen molar-refractivity contribution in [3.63, 3.8) is 0 Å². The van der Waals surface area contributed by atoms with E-state index < -0.39 is 79.0 Å². The molecule has 0 saturated carbocycles. The van der Waals surface area contributed by atoms with E-state index in [0.29, 0.717) is 25.9 Å². The summed E-state index contributed by atoms with van der Waals surface area (Å²) in [5, 5.41) is 68.9. The van der Waals surface area contributed by atoms with E-state index in [1.165, 1.54) is 0 Å². The molecule has 282 valence electrons. The Morgan fingerprint density at radius 2 is 1.21 bits per heavy atom. The van der Waals surface area contributed by atoms with Crippen molar-refractivity contribution in [1.29, 1.82) is 5.41 Å². The maximum absolute atomic E-state index is 10.7. The lowest BCUT2D eigenvalue weighted by atomic mass is 10.2. The molecule has 0 radical (unpaired) electrons. The summed E-state index contributed by atoms with van der Waals surface area (Å²) in [6.07, 6.45) is 1.55. The number of aliphatic hydroxyl groups excluding tert-OH is 1. The molecule has 0 aliphatic heterocycles. The molecule has 0 aromatic heterocycles. The average molecular weight is 706 g/mol. The smallest absolute Gasteiger partial charge is 0.322 e. The van der Waals surface area contributed by atoms with Gasteiger partial charge in [0.25, 0.3) is 0 Å². The average Bonchev–Trinajstić information content (AvgIpc) is 3.00. The van der Waals surface area contributed by atoms with Gasteiger partial charge in [0.15, 0.2) is 5.96 Å². The van der Waals surface area contributed by atoms with Crippen LogP contribution in [0.5, 0.6) is 0 Å². The number of guanidine groups is 1. The van der Waals surface area contributed by atoms with E-state index in [9.17, 15) is 33.6 Å². The highest BCUT2D eigenvalue weighted by atomic mass is 16.5. The number of nitrogens with two attached hydrogens (primary N) is 6. The maximum Gasteiger partial charge on any atom is 0.322 e. The fourth-order valence-corrected chi connectivity index (χ4v) is 2.00. The number of aliphatic carboxylic acids is 6. The lowest BCUT2D eigenvalue weighted by Crippen LogP contribution is -2.38. The van der Waals surface area contributed by atoms with Crippen LogP contribution in [0, 0.1) is 5.41 Å². The van der Waals surface area contributed by atoms with Gasteiger partial charge in [-0.05, 0) is 25.8 Å². The molecule has 0 bridgehead atoms. The Bertz CT molecular complexity index is 958. The molecule has 0 aliphatic rings. The standard InChI is InChI=1S/C9H18N2O4.C6H14N4O2.C4H7NO4.C3H7NO3.C2H5NO2/c1-2-4-11-7(9(13)14)3-5-15-8(12)6-10;7-4(5(11)12)2-1-3-10-6(8)9;5-2(4(8)9)1-3(6)7;4-2(1-5)3(6)7;3-1-2(4)5/h7,11H,2-6,10H2,1H3,(H,13,14);4H,1-3,7H2,(H,11,12)(H4,8,9,10);2H,1,5H2,(H,6,7)(H,8,9);2,5H,1,4H2,(H,6,7);1,3H2,(H,4,5). The second-order valence-corrected chi connectivity index (χ2v) is 8.75. The molecule has 4 unspecified atom stereocenters. The van der Waals surface area contributed by atoms with Gasteiger partial charge in [0, 0.05) is 13.0 Å². The first-order chi connectivity index (χ1) is 22.1. The zero-order valence-electron chi connectivity index (χ0n) is 26.4. The molecule has 48 heavy (non-hydrogen) atoms. The summed E-state index contributed by atoms with van der Waals surface area (Å²) in [4.78, 5) is 70.1. The van der Waals surface area contributed by atoms with E-state index in [1.807, 2.05) is 6.92 Å². The first-order valence-electron chi connectivity index (χ1n) is 13.7. The van der Waals surface area contributed by atoms with Crippen LogP contribution in [-0.4, -0.2) is 147 Å². The molecule has 0 aromatic carbocycles. The molecule has 0 aliphatic carbocycles. The van der Waals surface area contributed by atoms with Gasteiger partial charge < -0.3 is 85.5 Å². The van der Waals surface area contributed by atoms with Crippen LogP contribution in [0.25, 0.3) is 0 Å².